The van der Waals surface area contributed by atoms with E-state index in [1.165, 1.54) is 6.42 Å². The Morgan fingerprint density at radius 1 is 1.14 bits per heavy atom. The Morgan fingerprint density at radius 3 is 2.33 bits per heavy atom. The summed E-state index contributed by atoms with van der Waals surface area (Å²) in [5.41, 5.74) is 0. The van der Waals surface area contributed by atoms with Crippen LogP contribution in [0.25, 0.3) is 0 Å². The molecule has 124 valence electrons. The van der Waals surface area contributed by atoms with Crippen molar-refractivity contribution in [2.75, 3.05) is 5.75 Å². The Kier molecular flexibility index (Phi) is 7.62. The molecule has 1 aliphatic carbocycles. The average molecular weight is 321 g/mol. The van der Waals surface area contributed by atoms with Crippen LogP contribution in [0.4, 0.5) is 0 Å². The summed E-state index contributed by atoms with van der Waals surface area (Å²) in [4.78, 5) is 10.9. The molecule has 0 aromatic rings. The lowest BCUT2D eigenvalue weighted by Crippen LogP contribution is -2.43. The van der Waals surface area contributed by atoms with Crippen LogP contribution in [-0.4, -0.2) is 42.5 Å². The summed E-state index contributed by atoms with van der Waals surface area (Å²) in [5, 5.41) is 18.8. The molecule has 0 spiro atoms. The van der Waals surface area contributed by atoms with Gasteiger partial charge in [0.05, 0.1) is 17.8 Å². The van der Waals surface area contributed by atoms with E-state index in [0.29, 0.717) is 19.3 Å². The Morgan fingerprint density at radius 2 is 1.76 bits per heavy atom. The number of nitrogens with one attached hydrogen (secondary N) is 1. The van der Waals surface area contributed by atoms with E-state index < -0.39 is 34.1 Å². The number of carboxylic acid groups (broad SMARTS) is 1. The van der Waals surface area contributed by atoms with Gasteiger partial charge >= 0.3 is 5.97 Å². The highest BCUT2D eigenvalue weighted by atomic mass is 32.2. The molecule has 0 amide bonds. The van der Waals surface area contributed by atoms with Crippen LogP contribution >= 0.6 is 0 Å². The summed E-state index contributed by atoms with van der Waals surface area (Å²) >= 11 is 0. The number of carbonyl (C=O) groups is 1. The van der Waals surface area contributed by atoms with Crippen LogP contribution in [0.2, 0.25) is 0 Å². The minimum atomic E-state index is -3.44. The second-order valence-corrected chi connectivity index (χ2v) is 7.70. The lowest BCUT2D eigenvalue weighted by molar-refractivity contribution is -0.144. The molecule has 1 fully saturated rings. The first-order chi connectivity index (χ1) is 9.87. The van der Waals surface area contributed by atoms with E-state index in [1.807, 2.05) is 0 Å². The molecule has 0 aliphatic heterocycles. The molecule has 0 saturated heterocycles. The van der Waals surface area contributed by atoms with Gasteiger partial charge in [-0.1, -0.05) is 39.0 Å². The first-order valence-electron chi connectivity index (χ1n) is 7.78. The Bertz CT molecular complexity index is 423. The van der Waals surface area contributed by atoms with Gasteiger partial charge in [-0.2, -0.15) is 0 Å². The molecule has 21 heavy (non-hydrogen) atoms. The number of aliphatic carboxylic acids is 1. The Labute approximate surface area is 127 Å². The maximum absolute atomic E-state index is 11.9. The zero-order chi connectivity index (χ0) is 15.9. The van der Waals surface area contributed by atoms with E-state index in [4.69, 9.17) is 5.11 Å². The van der Waals surface area contributed by atoms with Gasteiger partial charge in [0.15, 0.2) is 0 Å². The molecule has 0 heterocycles. The fraction of sp³-hybridized carbons (Fsp3) is 0.929. The molecule has 7 heteroatoms. The molecule has 1 rings (SSSR count). The molecule has 6 nitrogen and oxygen atoms in total. The zero-order valence-electron chi connectivity index (χ0n) is 12.6. The molecule has 3 atom stereocenters. The topological polar surface area (TPSA) is 104 Å². The van der Waals surface area contributed by atoms with Gasteiger partial charge in [-0.25, -0.2) is 13.1 Å². The van der Waals surface area contributed by atoms with E-state index in [0.717, 1.165) is 25.7 Å². The van der Waals surface area contributed by atoms with Gasteiger partial charge in [-0.05, 0) is 19.3 Å². The third-order valence-electron chi connectivity index (χ3n) is 4.03. The predicted molar refractivity (Wildman–Crippen MR) is 80.5 cm³/mol. The fourth-order valence-electron chi connectivity index (χ4n) is 2.74. The molecule has 0 unspecified atom stereocenters. The summed E-state index contributed by atoms with van der Waals surface area (Å²) < 4.78 is 26.3. The van der Waals surface area contributed by atoms with E-state index in [9.17, 15) is 18.3 Å². The van der Waals surface area contributed by atoms with Gasteiger partial charge in [0, 0.05) is 6.04 Å². The lowest BCUT2D eigenvalue weighted by Gasteiger charge is -2.18. The molecule has 3 N–H and O–H groups in total. The summed E-state index contributed by atoms with van der Waals surface area (Å²) in [7, 11) is -3.44. The van der Waals surface area contributed by atoms with Gasteiger partial charge in [0.25, 0.3) is 0 Å². The fourth-order valence-corrected chi connectivity index (χ4v) is 4.16. The van der Waals surface area contributed by atoms with E-state index >= 15 is 0 Å². The van der Waals surface area contributed by atoms with Crippen molar-refractivity contribution < 1.29 is 23.4 Å². The zero-order valence-corrected chi connectivity index (χ0v) is 13.4. The molecular formula is C14H27NO5S. The van der Waals surface area contributed by atoms with Gasteiger partial charge in [0.1, 0.15) is 0 Å². The third-order valence-corrected chi connectivity index (χ3v) is 5.52. The first kappa shape index (κ1) is 18.4. The summed E-state index contributed by atoms with van der Waals surface area (Å²) in [6.07, 6.45) is 5.52. The van der Waals surface area contributed by atoms with E-state index in [2.05, 4.69) is 11.6 Å². The van der Waals surface area contributed by atoms with Crippen molar-refractivity contribution in [1.29, 1.82) is 0 Å². The number of carboxylic acids is 1. The molecule has 0 bridgehead atoms. The van der Waals surface area contributed by atoms with E-state index in [-0.39, 0.29) is 5.75 Å². The summed E-state index contributed by atoms with van der Waals surface area (Å²) in [6.45, 7) is 2.13. The third kappa shape index (κ3) is 6.32. The van der Waals surface area contributed by atoms with Crippen LogP contribution in [0.5, 0.6) is 0 Å². The number of hydrogen-bond acceptors (Lipinski definition) is 4. The monoisotopic (exact) mass is 321 g/mol. The van der Waals surface area contributed by atoms with Crippen LogP contribution in [0.1, 0.15) is 58.3 Å². The van der Waals surface area contributed by atoms with Crippen molar-refractivity contribution in [2.24, 2.45) is 5.92 Å². The Balaban J connectivity index is 2.31. The number of aliphatic hydroxyl groups is 1. The van der Waals surface area contributed by atoms with Crippen LogP contribution in [0.15, 0.2) is 0 Å². The van der Waals surface area contributed by atoms with Crippen molar-refractivity contribution in [3.8, 4) is 0 Å². The molecule has 1 aliphatic rings. The van der Waals surface area contributed by atoms with Crippen molar-refractivity contribution in [3.05, 3.63) is 0 Å². The van der Waals surface area contributed by atoms with Gasteiger partial charge < -0.3 is 10.2 Å². The maximum atomic E-state index is 11.9. The number of sulfonamides is 1. The molecule has 0 aromatic heterocycles. The summed E-state index contributed by atoms with van der Waals surface area (Å²) in [6, 6.07) is -0.670. The van der Waals surface area contributed by atoms with Crippen LogP contribution < -0.4 is 4.72 Å². The minimum Gasteiger partial charge on any atom is -0.481 e. The second-order valence-electron chi connectivity index (χ2n) is 5.82. The lowest BCUT2D eigenvalue weighted by atomic mass is 10.1. The number of rotatable bonds is 10. The first-order valence-corrected chi connectivity index (χ1v) is 9.43. The number of aliphatic hydroxyl groups excluding tert-OH is 1. The highest BCUT2D eigenvalue weighted by Crippen LogP contribution is 2.27. The predicted octanol–water partition coefficient (Wildman–Crippen LogP) is 1.49. The Hall–Kier alpha value is -0.660. The second kappa shape index (κ2) is 8.70. The smallest absolute Gasteiger partial charge is 0.309 e. The summed E-state index contributed by atoms with van der Waals surface area (Å²) in [5.74, 6) is -1.90. The van der Waals surface area contributed by atoms with Crippen molar-refractivity contribution >= 4 is 16.0 Å². The molecule has 0 radical (unpaired) electrons. The van der Waals surface area contributed by atoms with Gasteiger partial charge in [0.2, 0.25) is 10.0 Å². The molecular weight excluding hydrogens is 294 g/mol. The SMILES string of the molecule is CCCCCCCCS(=O)(=O)N[C@@H]1CC[C@H](C(=O)O)[C@H]1O. The van der Waals surface area contributed by atoms with Crippen molar-refractivity contribution in [1.82, 2.24) is 4.72 Å². The number of unbranched alkanes of at least 4 members (excludes halogenated alkanes) is 5. The van der Waals surface area contributed by atoms with Crippen LogP contribution in [-0.2, 0) is 14.8 Å². The quantitative estimate of drug-likeness (QED) is 0.529. The van der Waals surface area contributed by atoms with E-state index in [1.54, 1.807) is 0 Å². The highest BCUT2D eigenvalue weighted by Gasteiger charge is 2.40. The molecule has 0 aromatic carbocycles. The van der Waals surface area contributed by atoms with Crippen molar-refractivity contribution in [2.45, 2.75) is 70.4 Å². The van der Waals surface area contributed by atoms with Gasteiger partial charge in [-0.3, -0.25) is 4.79 Å². The minimum absolute atomic E-state index is 0.0417. The normalized spacial score (nSPS) is 26.1. The highest BCUT2D eigenvalue weighted by molar-refractivity contribution is 7.89. The van der Waals surface area contributed by atoms with Crippen molar-refractivity contribution in [3.63, 3.8) is 0 Å². The van der Waals surface area contributed by atoms with Gasteiger partial charge in [-0.15, -0.1) is 0 Å². The molecule has 1 saturated carbocycles. The van der Waals surface area contributed by atoms with Crippen LogP contribution in [0, 0.1) is 5.92 Å². The maximum Gasteiger partial charge on any atom is 0.309 e. The number of hydrogen-bond donors (Lipinski definition) is 3. The largest absolute Gasteiger partial charge is 0.481 e. The average Bonchev–Trinajstić information content (AvgIpc) is 2.75. The van der Waals surface area contributed by atoms with Crippen LogP contribution in [0.3, 0.4) is 0 Å². The standard InChI is InChI=1S/C14H27NO5S/c1-2-3-4-5-6-7-10-21(19,20)15-12-9-8-11(13(12)16)14(17)18/h11-13,15-16H,2-10H2,1H3,(H,17,18)/t11-,12+,13+/m0/s1.